The van der Waals surface area contributed by atoms with Gasteiger partial charge in [0.1, 0.15) is 16.9 Å². The van der Waals surface area contributed by atoms with Crippen LogP contribution in [0.2, 0.25) is 0 Å². The minimum absolute atomic E-state index is 0.179. The van der Waals surface area contributed by atoms with Gasteiger partial charge in [0.25, 0.3) is 0 Å². The average Bonchev–Trinajstić information content (AvgIpc) is 2.47. The van der Waals surface area contributed by atoms with Gasteiger partial charge in [0.05, 0.1) is 4.90 Å². The number of primary sulfonamides is 1. The van der Waals surface area contributed by atoms with Crippen molar-refractivity contribution >= 4 is 16.0 Å². The van der Waals surface area contributed by atoms with Crippen LogP contribution in [0.15, 0.2) is 17.0 Å². The molecular formula is C11H13NO5S. The summed E-state index contributed by atoms with van der Waals surface area (Å²) in [4.78, 5) is 10.9. The summed E-state index contributed by atoms with van der Waals surface area (Å²) in [7, 11) is -3.94. The second-order valence-corrected chi connectivity index (χ2v) is 6.41. The van der Waals surface area contributed by atoms with Crippen molar-refractivity contribution in [1.29, 1.82) is 0 Å². The van der Waals surface area contributed by atoms with Crippen LogP contribution >= 0.6 is 0 Å². The normalized spacial score (nSPS) is 17.1. The van der Waals surface area contributed by atoms with Gasteiger partial charge in [-0.2, -0.15) is 0 Å². The van der Waals surface area contributed by atoms with E-state index in [1.807, 2.05) is 0 Å². The standard InChI is InChI=1S/C11H13NO5S/c1-11(2)5-6-3-7(18(12,15)16)4-8(10(13)14)9(6)17-11/h3-4H,5H2,1-2H3,(H,13,14)(H2,12,15,16). The Bertz CT molecular complexity index is 633. The molecule has 18 heavy (non-hydrogen) atoms. The van der Waals surface area contributed by atoms with Crippen molar-refractivity contribution in [3.8, 4) is 5.75 Å². The van der Waals surface area contributed by atoms with E-state index in [1.165, 1.54) is 6.07 Å². The van der Waals surface area contributed by atoms with Crippen molar-refractivity contribution in [3.63, 3.8) is 0 Å². The highest BCUT2D eigenvalue weighted by Gasteiger charge is 2.34. The van der Waals surface area contributed by atoms with Crippen LogP contribution in [0.1, 0.15) is 29.8 Å². The van der Waals surface area contributed by atoms with E-state index in [0.29, 0.717) is 12.0 Å². The monoisotopic (exact) mass is 271 g/mol. The summed E-state index contributed by atoms with van der Waals surface area (Å²) in [5, 5.41) is 14.1. The molecule has 1 aliphatic heterocycles. The molecule has 1 aliphatic rings. The van der Waals surface area contributed by atoms with Crippen LogP contribution < -0.4 is 9.88 Å². The van der Waals surface area contributed by atoms with Gasteiger partial charge in [-0.15, -0.1) is 0 Å². The van der Waals surface area contributed by atoms with E-state index < -0.39 is 21.6 Å². The maximum Gasteiger partial charge on any atom is 0.339 e. The van der Waals surface area contributed by atoms with E-state index in [-0.39, 0.29) is 16.2 Å². The van der Waals surface area contributed by atoms with Crippen molar-refractivity contribution in [1.82, 2.24) is 0 Å². The van der Waals surface area contributed by atoms with Gasteiger partial charge in [0.15, 0.2) is 0 Å². The molecule has 0 aliphatic carbocycles. The van der Waals surface area contributed by atoms with Gasteiger partial charge in [-0.1, -0.05) is 0 Å². The number of hydrogen-bond acceptors (Lipinski definition) is 4. The minimum atomic E-state index is -3.94. The van der Waals surface area contributed by atoms with Crippen LogP contribution in [-0.4, -0.2) is 25.1 Å². The topological polar surface area (TPSA) is 107 Å². The van der Waals surface area contributed by atoms with Crippen LogP contribution in [-0.2, 0) is 16.4 Å². The number of carboxylic acid groups (broad SMARTS) is 1. The van der Waals surface area contributed by atoms with E-state index in [2.05, 4.69) is 0 Å². The molecule has 6 nitrogen and oxygen atoms in total. The summed E-state index contributed by atoms with van der Waals surface area (Å²) < 4.78 is 28.2. The molecule has 7 heteroatoms. The zero-order valence-corrected chi connectivity index (χ0v) is 10.7. The molecule has 1 aromatic rings. The Morgan fingerprint density at radius 1 is 1.44 bits per heavy atom. The summed E-state index contributed by atoms with van der Waals surface area (Å²) >= 11 is 0. The van der Waals surface area contributed by atoms with Crippen LogP contribution in [0.25, 0.3) is 0 Å². The highest BCUT2D eigenvalue weighted by Crippen LogP contribution is 2.39. The minimum Gasteiger partial charge on any atom is -0.486 e. The van der Waals surface area contributed by atoms with E-state index >= 15 is 0 Å². The zero-order valence-electron chi connectivity index (χ0n) is 9.93. The summed E-state index contributed by atoms with van der Waals surface area (Å²) in [6.07, 6.45) is 0.436. The predicted molar refractivity (Wildman–Crippen MR) is 63.2 cm³/mol. The lowest BCUT2D eigenvalue weighted by Crippen LogP contribution is -2.25. The van der Waals surface area contributed by atoms with E-state index in [1.54, 1.807) is 13.8 Å². The largest absolute Gasteiger partial charge is 0.486 e. The molecule has 98 valence electrons. The number of carboxylic acids is 1. The highest BCUT2D eigenvalue weighted by atomic mass is 32.2. The Kier molecular flexibility index (Phi) is 2.64. The molecule has 0 spiro atoms. The molecule has 0 atom stereocenters. The second-order valence-electron chi connectivity index (χ2n) is 4.85. The molecule has 2 rings (SSSR count). The Morgan fingerprint density at radius 3 is 2.56 bits per heavy atom. The highest BCUT2D eigenvalue weighted by molar-refractivity contribution is 7.89. The maximum absolute atomic E-state index is 11.3. The number of carbonyl (C=O) groups is 1. The van der Waals surface area contributed by atoms with Crippen LogP contribution in [0.4, 0.5) is 0 Å². The summed E-state index contributed by atoms with van der Waals surface area (Å²) in [6, 6.07) is 2.39. The zero-order chi connectivity index (χ0) is 13.7. The quantitative estimate of drug-likeness (QED) is 0.825. The van der Waals surface area contributed by atoms with E-state index in [9.17, 15) is 13.2 Å². The summed E-state index contributed by atoms with van der Waals surface area (Å²) in [5.74, 6) is -1.02. The van der Waals surface area contributed by atoms with Gasteiger partial charge >= 0.3 is 5.97 Å². The SMILES string of the molecule is CC1(C)Cc2cc(S(N)(=O)=O)cc(C(=O)O)c2O1. The first-order valence-corrected chi connectivity index (χ1v) is 6.77. The van der Waals surface area contributed by atoms with Gasteiger partial charge in [0, 0.05) is 12.0 Å². The molecule has 1 aromatic carbocycles. The van der Waals surface area contributed by atoms with Gasteiger partial charge in [-0.05, 0) is 26.0 Å². The maximum atomic E-state index is 11.3. The first-order valence-electron chi connectivity index (χ1n) is 5.22. The lowest BCUT2D eigenvalue weighted by atomic mass is 10.0. The molecule has 0 amide bonds. The first kappa shape index (κ1) is 12.8. The number of fused-ring (bicyclic) bond motifs is 1. The molecular weight excluding hydrogens is 258 g/mol. The van der Waals surface area contributed by atoms with Crippen molar-refractivity contribution in [2.75, 3.05) is 0 Å². The summed E-state index contributed by atoms with van der Waals surface area (Å²) in [5.41, 5.74) is -0.185. The van der Waals surface area contributed by atoms with Crippen molar-refractivity contribution in [3.05, 3.63) is 23.3 Å². The number of rotatable bonds is 2. The lowest BCUT2D eigenvalue weighted by molar-refractivity contribution is 0.0685. The third-order valence-corrected chi connectivity index (χ3v) is 3.59. The lowest BCUT2D eigenvalue weighted by Gasteiger charge is -2.17. The molecule has 0 radical (unpaired) electrons. The van der Waals surface area contributed by atoms with Gasteiger partial charge in [-0.3, -0.25) is 0 Å². The van der Waals surface area contributed by atoms with Gasteiger partial charge in [0.2, 0.25) is 10.0 Å². The number of aromatic carboxylic acids is 1. The smallest absolute Gasteiger partial charge is 0.339 e. The Hall–Kier alpha value is -1.60. The molecule has 0 bridgehead atoms. The number of ether oxygens (including phenoxy) is 1. The fourth-order valence-corrected chi connectivity index (χ4v) is 2.59. The van der Waals surface area contributed by atoms with E-state index in [4.69, 9.17) is 15.0 Å². The van der Waals surface area contributed by atoms with E-state index in [0.717, 1.165) is 6.07 Å². The van der Waals surface area contributed by atoms with Crippen molar-refractivity contribution < 1.29 is 23.1 Å². The van der Waals surface area contributed by atoms with Crippen molar-refractivity contribution in [2.45, 2.75) is 30.8 Å². The van der Waals surface area contributed by atoms with Gasteiger partial charge in [-0.25, -0.2) is 18.4 Å². The first-order chi connectivity index (χ1) is 8.10. The third kappa shape index (κ3) is 2.19. The Balaban J connectivity index is 2.69. The molecule has 1 heterocycles. The number of sulfonamides is 1. The number of nitrogens with two attached hydrogens (primary N) is 1. The van der Waals surface area contributed by atoms with Crippen LogP contribution in [0.3, 0.4) is 0 Å². The van der Waals surface area contributed by atoms with Crippen molar-refractivity contribution in [2.24, 2.45) is 5.14 Å². The average molecular weight is 271 g/mol. The van der Waals surface area contributed by atoms with Crippen LogP contribution in [0, 0.1) is 0 Å². The number of hydrogen-bond donors (Lipinski definition) is 2. The molecule has 0 aromatic heterocycles. The molecule has 0 saturated heterocycles. The Morgan fingerprint density at radius 2 is 2.06 bits per heavy atom. The fourth-order valence-electron chi connectivity index (χ4n) is 2.01. The third-order valence-electron chi connectivity index (χ3n) is 2.69. The molecule has 3 N–H and O–H groups in total. The summed E-state index contributed by atoms with van der Waals surface area (Å²) in [6.45, 7) is 3.60. The molecule has 0 saturated carbocycles. The predicted octanol–water partition coefficient (Wildman–Crippen LogP) is 0.746. The fraction of sp³-hybridized carbons (Fsp3) is 0.364. The second kappa shape index (κ2) is 3.69. The molecule has 0 unspecified atom stereocenters. The van der Waals surface area contributed by atoms with Gasteiger partial charge < -0.3 is 9.84 Å². The Labute approximate surface area is 104 Å². The van der Waals surface area contributed by atoms with Crippen LogP contribution in [0.5, 0.6) is 5.75 Å². The number of benzene rings is 1. The molecule has 0 fully saturated rings.